The second kappa shape index (κ2) is 15.8. The monoisotopic (exact) mass is 484 g/mol. The molecule has 0 amide bonds. The van der Waals surface area contributed by atoms with E-state index in [4.69, 9.17) is 9.47 Å². The van der Waals surface area contributed by atoms with Crippen molar-refractivity contribution >= 4 is 37.0 Å². The minimum atomic E-state index is -0.338. The van der Waals surface area contributed by atoms with Crippen LogP contribution in [0.4, 0.5) is 0 Å². The molecule has 0 N–H and O–H groups in total. The number of hydrogen-bond donors (Lipinski definition) is 0. The largest absolute Gasteiger partial charge is 0.462 e. The fourth-order valence-corrected chi connectivity index (χ4v) is 3.62. The van der Waals surface area contributed by atoms with E-state index in [1.165, 1.54) is 22.2 Å². The number of carbonyl (C=O) groups is 1. The zero-order valence-electron chi connectivity index (χ0n) is 22.7. The number of carbonyl (C=O) groups excluding carboxylic acids is 1. The Bertz CT molecular complexity index is 1080. The van der Waals surface area contributed by atoms with Crippen molar-refractivity contribution < 1.29 is 14.3 Å². The third kappa shape index (κ3) is 10.3. The number of ether oxygens (including phenoxy) is 2. The van der Waals surface area contributed by atoms with Gasteiger partial charge in [0.25, 0.3) is 0 Å². The smallest absolute Gasteiger partial charge is 0.333 e. The van der Waals surface area contributed by atoms with Crippen LogP contribution in [-0.4, -0.2) is 33.1 Å². The van der Waals surface area contributed by atoms with Gasteiger partial charge in [0, 0.05) is 18.6 Å². The Morgan fingerprint density at radius 3 is 2.47 bits per heavy atom. The van der Waals surface area contributed by atoms with Crippen molar-refractivity contribution in [1.82, 2.24) is 0 Å². The van der Waals surface area contributed by atoms with Gasteiger partial charge in [0.1, 0.15) is 7.85 Å². The molecule has 0 saturated heterocycles. The molecule has 0 aromatic heterocycles. The van der Waals surface area contributed by atoms with Crippen molar-refractivity contribution in [3.8, 4) is 0 Å². The minimum absolute atomic E-state index is 0.109. The summed E-state index contributed by atoms with van der Waals surface area (Å²) >= 11 is 0. The maximum Gasteiger partial charge on any atom is 0.333 e. The van der Waals surface area contributed by atoms with Crippen molar-refractivity contribution in [3.63, 3.8) is 0 Å². The molecule has 0 saturated carbocycles. The van der Waals surface area contributed by atoms with Gasteiger partial charge in [0.15, 0.2) is 0 Å². The Labute approximate surface area is 219 Å². The predicted molar refractivity (Wildman–Crippen MR) is 157 cm³/mol. The van der Waals surface area contributed by atoms with E-state index in [2.05, 4.69) is 108 Å². The summed E-state index contributed by atoms with van der Waals surface area (Å²) in [6.45, 7) is 12.9. The van der Waals surface area contributed by atoms with Crippen LogP contribution in [0.2, 0.25) is 0 Å². The first kappa shape index (κ1) is 29.1. The number of rotatable bonds is 14. The summed E-state index contributed by atoms with van der Waals surface area (Å²) in [6.07, 6.45) is 14.9. The molecule has 190 valence electrons. The van der Waals surface area contributed by atoms with E-state index in [-0.39, 0.29) is 12.1 Å². The zero-order valence-corrected chi connectivity index (χ0v) is 22.7. The van der Waals surface area contributed by atoms with Crippen molar-refractivity contribution in [1.29, 1.82) is 0 Å². The third-order valence-electron chi connectivity index (χ3n) is 5.86. The lowest BCUT2D eigenvalue weighted by atomic mass is 9.86. The molecule has 3 nitrogen and oxygen atoms in total. The van der Waals surface area contributed by atoms with Gasteiger partial charge in [-0.05, 0) is 54.5 Å². The lowest BCUT2D eigenvalue weighted by Gasteiger charge is -2.10. The fraction of sp³-hybridized carbons (Fsp3) is 0.344. The average Bonchev–Trinajstić information content (AvgIpc) is 2.86. The molecule has 1 unspecified atom stereocenters. The van der Waals surface area contributed by atoms with Gasteiger partial charge in [-0.2, -0.15) is 0 Å². The Morgan fingerprint density at radius 2 is 1.83 bits per heavy atom. The molecule has 0 aliphatic rings. The first-order valence-corrected chi connectivity index (χ1v) is 13.0. The summed E-state index contributed by atoms with van der Waals surface area (Å²) in [5.74, 6) is -0.338. The Kier molecular flexibility index (Phi) is 12.8. The van der Waals surface area contributed by atoms with Crippen LogP contribution in [0.15, 0.2) is 72.8 Å². The molecule has 0 radical (unpaired) electrons. The van der Waals surface area contributed by atoms with Gasteiger partial charge in [0.05, 0.1) is 12.7 Å². The number of hydrogen-bond acceptors (Lipinski definition) is 3. The highest BCUT2D eigenvalue weighted by Crippen LogP contribution is 2.18. The molecular formula is C32H41BO3. The average molecular weight is 484 g/mol. The topological polar surface area (TPSA) is 35.5 Å². The van der Waals surface area contributed by atoms with Gasteiger partial charge in [-0.25, -0.2) is 4.79 Å². The SMILES string of the molecule is Bc1cc(C(/C=C\C(C)OCCCC)=C/CC)ccc1/C=C/c1ccc(CCOC(=O)C(=C)C)cc1. The van der Waals surface area contributed by atoms with Crippen LogP contribution >= 0.6 is 0 Å². The second-order valence-electron chi connectivity index (χ2n) is 9.17. The highest BCUT2D eigenvalue weighted by atomic mass is 16.5. The normalized spacial score (nSPS) is 12.8. The van der Waals surface area contributed by atoms with E-state index in [0.717, 1.165) is 37.0 Å². The van der Waals surface area contributed by atoms with E-state index < -0.39 is 0 Å². The molecule has 0 aliphatic heterocycles. The highest BCUT2D eigenvalue weighted by Gasteiger charge is 2.04. The molecule has 2 aromatic carbocycles. The Morgan fingerprint density at radius 1 is 1.08 bits per heavy atom. The summed E-state index contributed by atoms with van der Waals surface area (Å²) in [7, 11) is 2.16. The molecule has 2 rings (SSSR count). The van der Waals surface area contributed by atoms with E-state index >= 15 is 0 Å². The predicted octanol–water partition coefficient (Wildman–Crippen LogP) is 6.33. The van der Waals surface area contributed by atoms with Crippen LogP contribution in [0.3, 0.4) is 0 Å². The highest BCUT2D eigenvalue weighted by molar-refractivity contribution is 6.34. The molecular weight excluding hydrogens is 443 g/mol. The van der Waals surface area contributed by atoms with Crippen LogP contribution < -0.4 is 5.46 Å². The van der Waals surface area contributed by atoms with Crippen molar-refractivity contribution in [2.45, 2.75) is 59.5 Å². The summed E-state index contributed by atoms with van der Waals surface area (Å²) in [5, 5.41) is 0. The second-order valence-corrected chi connectivity index (χ2v) is 9.17. The molecule has 36 heavy (non-hydrogen) atoms. The van der Waals surface area contributed by atoms with Crippen LogP contribution in [0.25, 0.3) is 17.7 Å². The molecule has 0 fully saturated rings. The molecule has 0 heterocycles. The molecule has 0 spiro atoms. The van der Waals surface area contributed by atoms with E-state index in [9.17, 15) is 4.79 Å². The van der Waals surface area contributed by atoms with E-state index in [1.807, 2.05) is 0 Å². The lowest BCUT2D eigenvalue weighted by Crippen LogP contribution is -2.08. The number of esters is 1. The quantitative estimate of drug-likeness (QED) is 0.0785. The maximum atomic E-state index is 11.5. The van der Waals surface area contributed by atoms with Crippen LogP contribution in [0.5, 0.6) is 0 Å². The van der Waals surface area contributed by atoms with E-state index in [1.54, 1.807) is 6.92 Å². The number of benzene rings is 2. The number of allylic oxidation sites excluding steroid dienone is 3. The standard InChI is InChI=1S/C32H41BO3/c1-6-8-21-35-25(5)10-16-28(9-7-2)30-19-18-29(31(33)23-30)17-15-26-11-13-27(14-12-26)20-22-36-32(34)24(3)4/h9-19,23,25H,3,6-8,20-22,33H2,1-2,4-5H3/b16-10-,17-15+,28-9+. The lowest BCUT2D eigenvalue weighted by molar-refractivity contribution is -0.138. The Hall–Kier alpha value is -3.11. The van der Waals surface area contributed by atoms with Gasteiger partial charge in [-0.3, -0.25) is 0 Å². The van der Waals surface area contributed by atoms with Crippen LogP contribution in [-0.2, 0) is 20.7 Å². The third-order valence-corrected chi connectivity index (χ3v) is 5.86. The Balaban J connectivity index is 2.01. The summed E-state index contributed by atoms with van der Waals surface area (Å²) in [5.41, 5.74) is 7.58. The van der Waals surface area contributed by atoms with E-state index in [0.29, 0.717) is 18.6 Å². The molecule has 1 atom stereocenters. The summed E-state index contributed by atoms with van der Waals surface area (Å²) < 4.78 is 11.0. The summed E-state index contributed by atoms with van der Waals surface area (Å²) in [6, 6.07) is 15.0. The van der Waals surface area contributed by atoms with Gasteiger partial charge in [0.2, 0.25) is 0 Å². The summed E-state index contributed by atoms with van der Waals surface area (Å²) in [4.78, 5) is 11.5. The minimum Gasteiger partial charge on any atom is -0.462 e. The maximum absolute atomic E-state index is 11.5. The van der Waals surface area contributed by atoms with Gasteiger partial charge in [-0.15, -0.1) is 0 Å². The molecule has 0 aliphatic carbocycles. The van der Waals surface area contributed by atoms with Crippen molar-refractivity contribution in [2.24, 2.45) is 0 Å². The van der Waals surface area contributed by atoms with Crippen molar-refractivity contribution in [3.05, 3.63) is 95.1 Å². The van der Waals surface area contributed by atoms with Crippen LogP contribution in [0, 0.1) is 0 Å². The van der Waals surface area contributed by atoms with Gasteiger partial charge < -0.3 is 9.47 Å². The molecule has 4 heteroatoms. The van der Waals surface area contributed by atoms with Crippen LogP contribution in [0.1, 0.15) is 69.2 Å². The first-order valence-electron chi connectivity index (χ1n) is 13.0. The molecule has 0 bridgehead atoms. The van der Waals surface area contributed by atoms with Gasteiger partial charge >= 0.3 is 5.97 Å². The number of unbranched alkanes of at least 4 members (excludes halogenated alkanes) is 1. The van der Waals surface area contributed by atoms with Gasteiger partial charge in [-0.1, -0.05) is 105 Å². The first-order chi connectivity index (χ1) is 17.3. The zero-order chi connectivity index (χ0) is 26.3. The van der Waals surface area contributed by atoms with Crippen molar-refractivity contribution in [2.75, 3.05) is 13.2 Å². The molecule has 2 aromatic rings. The fourth-order valence-electron chi connectivity index (χ4n) is 3.62.